The molecule has 2 heterocycles. The first-order valence-corrected chi connectivity index (χ1v) is 8.10. The molecule has 0 spiro atoms. The number of carbonyl (C=O) groups excluding carboxylic acids is 1. The van der Waals surface area contributed by atoms with Crippen molar-refractivity contribution in [1.29, 1.82) is 0 Å². The number of H-pyrrole nitrogens is 1. The van der Waals surface area contributed by atoms with E-state index in [1.807, 2.05) is 0 Å². The van der Waals surface area contributed by atoms with Crippen molar-refractivity contribution in [2.24, 2.45) is 0 Å². The molecule has 0 radical (unpaired) electrons. The molecule has 0 bridgehead atoms. The summed E-state index contributed by atoms with van der Waals surface area (Å²) in [6.45, 7) is 0. The van der Waals surface area contributed by atoms with Gasteiger partial charge in [0.05, 0.1) is 30.0 Å². The van der Waals surface area contributed by atoms with Crippen LogP contribution in [0.15, 0.2) is 34.4 Å². The van der Waals surface area contributed by atoms with Crippen LogP contribution in [-0.4, -0.2) is 29.8 Å². The highest BCUT2D eigenvalue weighted by Crippen LogP contribution is 2.29. The van der Waals surface area contributed by atoms with E-state index in [1.165, 1.54) is 31.6 Å². The number of methoxy groups -OCH3 is 2. The second kappa shape index (κ2) is 6.46. The van der Waals surface area contributed by atoms with Gasteiger partial charge in [0.25, 0.3) is 11.5 Å². The second-order valence-corrected chi connectivity index (χ2v) is 6.08. The average Bonchev–Trinajstić information content (AvgIpc) is 3.12. The summed E-state index contributed by atoms with van der Waals surface area (Å²) in [5.41, 5.74) is 2.54. The Morgan fingerprint density at radius 1 is 1.29 bits per heavy atom. The van der Waals surface area contributed by atoms with Crippen LogP contribution in [0.5, 0.6) is 11.5 Å². The van der Waals surface area contributed by atoms with Crippen molar-refractivity contribution in [3.63, 3.8) is 0 Å². The van der Waals surface area contributed by atoms with Gasteiger partial charge in [-0.05, 0) is 29.7 Å². The third kappa shape index (κ3) is 2.79. The van der Waals surface area contributed by atoms with Crippen molar-refractivity contribution in [3.8, 4) is 11.5 Å². The van der Waals surface area contributed by atoms with Crippen molar-refractivity contribution in [1.82, 2.24) is 9.66 Å². The summed E-state index contributed by atoms with van der Waals surface area (Å²) in [6.07, 6.45) is 0. The van der Waals surface area contributed by atoms with E-state index in [4.69, 9.17) is 21.7 Å². The van der Waals surface area contributed by atoms with Crippen LogP contribution in [0.2, 0.25) is 0 Å². The molecule has 0 fully saturated rings. The fourth-order valence-corrected chi connectivity index (χ4v) is 3.06. The fraction of sp³-hybridized carbons (Fsp3) is 0.133. The Kier molecular flexibility index (Phi) is 4.36. The van der Waals surface area contributed by atoms with Gasteiger partial charge in [-0.3, -0.25) is 15.0 Å². The highest BCUT2D eigenvalue weighted by Gasteiger charge is 2.14. The predicted molar refractivity (Wildman–Crippen MR) is 94.5 cm³/mol. The first-order valence-electron chi connectivity index (χ1n) is 6.81. The van der Waals surface area contributed by atoms with Gasteiger partial charge >= 0.3 is 0 Å². The normalized spacial score (nSPS) is 10.6. The lowest BCUT2D eigenvalue weighted by molar-refractivity contribution is 0.101. The summed E-state index contributed by atoms with van der Waals surface area (Å²) >= 11 is 6.45. The van der Waals surface area contributed by atoms with Gasteiger partial charge in [-0.25, -0.2) is 0 Å². The number of nitrogens with one attached hydrogen (secondary N) is 2. The largest absolute Gasteiger partial charge is 0.493 e. The molecule has 24 heavy (non-hydrogen) atoms. The van der Waals surface area contributed by atoms with E-state index in [0.717, 1.165) is 4.68 Å². The lowest BCUT2D eigenvalue weighted by Gasteiger charge is -2.12. The van der Waals surface area contributed by atoms with Crippen LogP contribution < -0.4 is 20.5 Å². The van der Waals surface area contributed by atoms with Crippen molar-refractivity contribution < 1.29 is 14.3 Å². The van der Waals surface area contributed by atoms with E-state index in [0.29, 0.717) is 27.3 Å². The number of nitrogens with zero attached hydrogens (tertiary/aromatic N) is 1. The molecule has 1 aromatic carbocycles. The number of thiophene rings is 1. The van der Waals surface area contributed by atoms with Crippen molar-refractivity contribution in [3.05, 3.63) is 49.6 Å². The molecule has 0 aliphatic carbocycles. The lowest BCUT2D eigenvalue weighted by atomic mass is 10.2. The zero-order valence-electron chi connectivity index (χ0n) is 12.8. The number of aromatic amines is 1. The predicted octanol–water partition coefficient (Wildman–Crippen LogP) is 2.52. The number of carbonyl (C=O) groups is 1. The van der Waals surface area contributed by atoms with Gasteiger partial charge < -0.3 is 14.5 Å². The number of amides is 1. The van der Waals surface area contributed by atoms with Gasteiger partial charge in [-0.15, -0.1) is 11.3 Å². The molecule has 0 unspecified atom stereocenters. The number of benzene rings is 1. The molecule has 0 saturated heterocycles. The number of rotatable bonds is 4. The molecule has 3 aromatic rings. The molecule has 124 valence electrons. The summed E-state index contributed by atoms with van der Waals surface area (Å²) in [6, 6.07) is 6.57. The van der Waals surface area contributed by atoms with Gasteiger partial charge in [0.1, 0.15) is 0 Å². The first-order chi connectivity index (χ1) is 11.5. The number of aromatic nitrogens is 2. The smallest absolute Gasteiger partial charge is 0.281 e. The molecular weight excluding hydrogens is 350 g/mol. The first kappa shape index (κ1) is 16.2. The van der Waals surface area contributed by atoms with E-state index < -0.39 is 11.5 Å². The van der Waals surface area contributed by atoms with Crippen LogP contribution in [0, 0.1) is 4.77 Å². The molecule has 0 aliphatic heterocycles. The minimum atomic E-state index is -0.459. The Morgan fingerprint density at radius 3 is 2.62 bits per heavy atom. The van der Waals surface area contributed by atoms with Crippen LogP contribution in [-0.2, 0) is 0 Å². The Labute approximate surface area is 145 Å². The Morgan fingerprint density at radius 2 is 2.00 bits per heavy atom. The lowest BCUT2D eigenvalue weighted by Crippen LogP contribution is -2.34. The molecule has 0 saturated carbocycles. The summed E-state index contributed by atoms with van der Waals surface area (Å²) in [4.78, 5) is 28.2. The quantitative estimate of drug-likeness (QED) is 0.696. The molecular formula is C15H13N3O4S2. The van der Waals surface area contributed by atoms with Gasteiger partial charge in [-0.1, -0.05) is 6.07 Å². The molecule has 2 N–H and O–H groups in total. The maximum atomic E-state index is 12.7. The molecule has 3 rings (SSSR count). The standard InChI is InChI=1S/C15H13N3O4S2/c1-21-10-6-8-9(7-11(10)22-2)16-15(23)18(14(8)20)17-13(19)12-4-3-5-24-12/h3-7H,1-2H3,(H,16,23)(H,17,19). The van der Waals surface area contributed by atoms with Crippen LogP contribution in [0.1, 0.15) is 9.67 Å². The molecule has 0 aliphatic rings. The summed E-state index contributed by atoms with van der Waals surface area (Å²) < 4.78 is 11.5. The summed E-state index contributed by atoms with van der Waals surface area (Å²) in [5.74, 6) is 0.464. The van der Waals surface area contributed by atoms with Gasteiger partial charge in [-0.2, -0.15) is 4.68 Å². The number of hydrogen-bond donors (Lipinski definition) is 2. The van der Waals surface area contributed by atoms with E-state index >= 15 is 0 Å². The molecule has 1 amide bonds. The zero-order chi connectivity index (χ0) is 17.3. The SMILES string of the molecule is COc1cc2[nH]c(=S)n(NC(=O)c3cccs3)c(=O)c2cc1OC. The molecule has 2 aromatic heterocycles. The van der Waals surface area contributed by atoms with E-state index in [1.54, 1.807) is 23.6 Å². The number of ether oxygens (including phenoxy) is 2. The summed E-state index contributed by atoms with van der Waals surface area (Å²) in [5, 5.41) is 2.09. The number of fused-ring (bicyclic) bond motifs is 1. The van der Waals surface area contributed by atoms with Crippen LogP contribution in [0.3, 0.4) is 0 Å². The maximum Gasteiger partial charge on any atom is 0.281 e. The monoisotopic (exact) mass is 363 g/mol. The Balaban J connectivity index is 2.14. The number of hydrogen-bond acceptors (Lipinski definition) is 6. The van der Waals surface area contributed by atoms with Crippen molar-refractivity contribution in [2.45, 2.75) is 0 Å². The third-order valence-corrected chi connectivity index (χ3v) is 4.51. The molecule has 9 heteroatoms. The third-order valence-electron chi connectivity index (χ3n) is 3.36. The maximum absolute atomic E-state index is 12.7. The van der Waals surface area contributed by atoms with Crippen molar-refractivity contribution in [2.75, 3.05) is 19.6 Å². The van der Waals surface area contributed by atoms with Gasteiger partial charge in [0.15, 0.2) is 16.3 Å². The van der Waals surface area contributed by atoms with Crippen molar-refractivity contribution >= 4 is 40.4 Å². The highest BCUT2D eigenvalue weighted by molar-refractivity contribution is 7.71. The van der Waals surface area contributed by atoms with E-state index in [9.17, 15) is 9.59 Å². The minimum absolute atomic E-state index is 0.0737. The minimum Gasteiger partial charge on any atom is -0.493 e. The molecule has 7 nitrogen and oxygen atoms in total. The highest BCUT2D eigenvalue weighted by atomic mass is 32.1. The summed E-state index contributed by atoms with van der Waals surface area (Å²) in [7, 11) is 2.98. The van der Waals surface area contributed by atoms with Crippen LogP contribution in [0.4, 0.5) is 0 Å². The topological polar surface area (TPSA) is 85.4 Å². The van der Waals surface area contributed by atoms with Gasteiger partial charge in [0, 0.05) is 6.07 Å². The fourth-order valence-electron chi connectivity index (χ4n) is 2.21. The second-order valence-electron chi connectivity index (χ2n) is 4.74. The Bertz CT molecular complexity index is 1020. The van der Waals surface area contributed by atoms with E-state index in [2.05, 4.69) is 10.4 Å². The van der Waals surface area contributed by atoms with E-state index in [-0.39, 0.29) is 4.77 Å². The Hall–Kier alpha value is -2.65. The molecule has 0 atom stereocenters. The van der Waals surface area contributed by atoms with Crippen LogP contribution in [0.25, 0.3) is 10.9 Å². The van der Waals surface area contributed by atoms with Gasteiger partial charge in [0.2, 0.25) is 0 Å². The van der Waals surface area contributed by atoms with Crippen LogP contribution >= 0.6 is 23.6 Å². The average molecular weight is 363 g/mol. The zero-order valence-corrected chi connectivity index (χ0v) is 14.4.